The van der Waals surface area contributed by atoms with Gasteiger partial charge in [0.05, 0.1) is 23.5 Å². The fourth-order valence-corrected chi connectivity index (χ4v) is 5.49. The van der Waals surface area contributed by atoms with Crippen molar-refractivity contribution in [2.45, 2.75) is 57.2 Å². The fourth-order valence-electron chi connectivity index (χ4n) is 4.89. The van der Waals surface area contributed by atoms with Crippen molar-refractivity contribution in [2.75, 3.05) is 25.5 Å². The molecule has 1 saturated carbocycles. The normalized spacial score (nSPS) is 20.4. The first-order valence-corrected chi connectivity index (χ1v) is 11.6. The minimum Gasteiger partial charge on any atom is -0.353 e. The summed E-state index contributed by atoms with van der Waals surface area (Å²) >= 11 is 1.43. The molecular formula is C22H28N6OS. The molecule has 2 aliphatic rings. The van der Waals surface area contributed by atoms with Crippen LogP contribution >= 0.6 is 11.5 Å². The Morgan fingerprint density at radius 3 is 2.67 bits per heavy atom. The van der Waals surface area contributed by atoms with Crippen LogP contribution in [0.25, 0.3) is 10.9 Å². The number of hydrogen-bond acceptors (Lipinski definition) is 7. The maximum Gasteiger partial charge on any atom is 0.261 e. The van der Waals surface area contributed by atoms with Crippen molar-refractivity contribution in [3.8, 4) is 0 Å². The average molecular weight is 425 g/mol. The molecule has 0 N–H and O–H groups in total. The van der Waals surface area contributed by atoms with E-state index in [-0.39, 0.29) is 17.6 Å². The van der Waals surface area contributed by atoms with Gasteiger partial charge in [0.1, 0.15) is 5.82 Å². The van der Waals surface area contributed by atoms with Gasteiger partial charge in [0.25, 0.3) is 5.56 Å². The van der Waals surface area contributed by atoms with Crippen LogP contribution in [-0.4, -0.2) is 44.4 Å². The number of fused-ring (bicyclic) bond motifs is 1. The number of hydrogen-bond donors (Lipinski definition) is 0. The lowest BCUT2D eigenvalue weighted by atomic mass is 10.1. The van der Waals surface area contributed by atoms with Gasteiger partial charge in [-0.05, 0) is 44.4 Å². The van der Waals surface area contributed by atoms with E-state index in [0.29, 0.717) is 6.54 Å². The summed E-state index contributed by atoms with van der Waals surface area (Å²) in [6.07, 6.45) is 6.63. The zero-order valence-corrected chi connectivity index (χ0v) is 18.4. The summed E-state index contributed by atoms with van der Waals surface area (Å²) in [4.78, 5) is 27.6. The lowest BCUT2D eigenvalue weighted by Gasteiger charge is -2.28. The van der Waals surface area contributed by atoms with Gasteiger partial charge in [-0.1, -0.05) is 25.0 Å². The Labute approximate surface area is 180 Å². The quantitative estimate of drug-likeness (QED) is 0.621. The SMILES string of the molecule is CN(C)c1nc(CN2CCCC2c2nc3ccccc3c(=O)n2C2CCCC2)ns1. The molecule has 0 bridgehead atoms. The van der Waals surface area contributed by atoms with Crippen molar-refractivity contribution < 1.29 is 0 Å². The van der Waals surface area contributed by atoms with Crippen molar-refractivity contribution in [2.24, 2.45) is 0 Å². The third-order valence-corrected chi connectivity index (χ3v) is 7.29. The van der Waals surface area contributed by atoms with Crippen LogP contribution in [0.5, 0.6) is 0 Å². The first-order valence-electron chi connectivity index (χ1n) is 10.9. The highest BCUT2D eigenvalue weighted by molar-refractivity contribution is 7.09. The molecule has 1 atom stereocenters. The topological polar surface area (TPSA) is 67.2 Å². The van der Waals surface area contributed by atoms with Crippen molar-refractivity contribution in [3.05, 3.63) is 46.3 Å². The van der Waals surface area contributed by atoms with Crippen LogP contribution < -0.4 is 10.5 Å². The van der Waals surface area contributed by atoms with E-state index in [1.165, 1.54) is 24.4 Å². The number of rotatable bonds is 5. The highest BCUT2D eigenvalue weighted by Crippen LogP contribution is 2.36. The highest BCUT2D eigenvalue weighted by atomic mass is 32.1. The molecule has 30 heavy (non-hydrogen) atoms. The summed E-state index contributed by atoms with van der Waals surface area (Å²) in [5, 5.41) is 1.65. The fraction of sp³-hybridized carbons (Fsp3) is 0.545. The van der Waals surface area contributed by atoms with Gasteiger partial charge in [-0.25, -0.2) is 9.97 Å². The van der Waals surface area contributed by atoms with E-state index < -0.39 is 0 Å². The molecule has 7 nitrogen and oxygen atoms in total. The second-order valence-electron chi connectivity index (χ2n) is 8.62. The van der Waals surface area contributed by atoms with Gasteiger partial charge < -0.3 is 4.90 Å². The molecule has 2 aromatic heterocycles. The first-order chi connectivity index (χ1) is 14.6. The van der Waals surface area contributed by atoms with Gasteiger partial charge in [-0.3, -0.25) is 14.3 Å². The molecule has 1 aromatic carbocycles. The Morgan fingerprint density at radius 2 is 1.90 bits per heavy atom. The summed E-state index contributed by atoms with van der Waals surface area (Å²) in [5.74, 6) is 1.79. The molecule has 158 valence electrons. The standard InChI is InChI=1S/C22H28N6OS/c1-26(2)22-24-19(25-30-22)14-27-13-7-12-18(27)20-23-17-11-6-5-10-16(17)21(29)28(20)15-8-3-4-9-15/h5-6,10-11,15,18H,3-4,7-9,12-14H2,1-2H3. The van der Waals surface area contributed by atoms with Gasteiger partial charge in [0.15, 0.2) is 5.82 Å². The third-order valence-electron chi connectivity index (χ3n) is 6.37. The van der Waals surface area contributed by atoms with Gasteiger partial charge in [0, 0.05) is 31.7 Å². The lowest BCUT2D eigenvalue weighted by molar-refractivity contribution is 0.224. The second-order valence-corrected chi connectivity index (χ2v) is 9.35. The van der Waals surface area contributed by atoms with E-state index in [1.54, 1.807) is 0 Å². The predicted octanol–water partition coefficient (Wildman–Crippen LogP) is 3.77. The van der Waals surface area contributed by atoms with Gasteiger partial charge >= 0.3 is 0 Å². The van der Waals surface area contributed by atoms with E-state index in [1.807, 2.05) is 47.8 Å². The van der Waals surface area contributed by atoms with Crippen molar-refractivity contribution in [1.29, 1.82) is 0 Å². The van der Waals surface area contributed by atoms with E-state index >= 15 is 0 Å². The van der Waals surface area contributed by atoms with E-state index in [0.717, 1.165) is 59.9 Å². The maximum absolute atomic E-state index is 13.5. The zero-order chi connectivity index (χ0) is 20.7. The van der Waals surface area contributed by atoms with E-state index in [9.17, 15) is 4.79 Å². The van der Waals surface area contributed by atoms with Crippen LogP contribution in [0.2, 0.25) is 0 Å². The van der Waals surface area contributed by atoms with Crippen LogP contribution in [0.3, 0.4) is 0 Å². The molecule has 1 aliphatic heterocycles. The Hall–Kier alpha value is -2.32. The van der Waals surface area contributed by atoms with Crippen LogP contribution in [0.4, 0.5) is 5.13 Å². The molecule has 1 saturated heterocycles. The van der Waals surface area contributed by atoms with Crippen LogP contribution in [0.15, 0.2) is 29.1 Å². The smallest absolute Gasteiger partial charge is 0.261 e. The maximum atomic E-state index is 13.5. The Bertz CT molecular complexity index is 1100. The summed E-state index contributed by atoms with van der Waals surface area (Å²) in [6, 6.07) is 8.17. The van der Waals surface area contributed by atoms with Crippen LogP contribution in [0.1, 0.15) is 62.3 Å². The van der Waals surface area contributed by atoms with Crippen LogP contribution in [-0.2, 0) is 6.54 Å². The number of aromatic nitrogens is 4. The monoisotopic (exact) mass is 424 g/mol. The summed E-state index contributed by atoms with van der Waals surface area (Å²) in [5.41, 5.74) is 0.927. The van der Waals surface area contributed by atoms with Crippen LogP contribution in [0, 0.1) is 0 Å². The summed E-state index contributed by atoms with van der Waals surface area (Å²) in [7, 11) is 3.98. The summed E-state index contributed by atoms with van der Waals surface area (Å²) < 4.78 is 6.59. The summed E-state index contributed by atoms with van der Waals surface area (Å²) in [6.45, 7) is 1.68. The Kier molecular flexibility index (Phi) is 5.28. The van der Waals surface area contributed by atoms with Crippen molar-refractivity contribution >= 4 is 27.6 Å². The molecule has 1 unspecified atom stereocenters. The zero-order valence-electron chi connectivity index (χ0n) is 17.6. The molecular weight excluding hydrogens is 396 g/mol. The minimum atomic E-state index is 0.121. The number of anilines is 1. The Morgan fingerprint density at radius 1 is 1.10 bits per heavy atom. The minimum absolute atomic E-state index is 0.121. The van der Waals surface area contributed by atoms with Crippen molar-refractivity contribution in [1.82, 2.24) is 23.8 Å². The average Bonchev–Trinajstić information content (AvgIpc) is 3.50. The third kappa shape index (κ3) is 3.52. The molecule has 0 radical (unpaired) electrons. The Balaban J connectivity index is 1.54. The second kappa shape index (κ2) is 8.07. The molecule has 0 amide bonds. The largest absolute Gasteiger partial charge is 0.353 e. The van der Waals surface area contributed by atoms with E-state index in [2.05, 4.69) is 14.3 Å². The molecule has 8 heteroatoms. The number of likely N-dealkylation sites (tertiary alicyclic amines) is 1. The molecule has 3 aromatic rings. The molecule has 3 heterocycles. The van der Waals surface area contributed by atoms with E-state index in [4.69, 9.17) is 4.98 Å². The number of nitrogens with zero attached hydrogens (tertiary/aromatic N) is 6. The number of benzene rings is 1. The molecule has 1 aliphatic carbocycles. The van der Waals surface area contributed by atoms with Crippen molar-refractivity contribution in [3.63, 3.8) is 0 Å². The first kappa shape index (κ1) is 19.6. The lowest BCUT2D eigenvalue weighted by Crippen LogP contribution is -2.34. The molecule has 5 rings (SSSR count). The van der Waals surface area contributed by atoms with Gasteiger partial charge in [-0.2, -0.15) is 4.37 Å². The van der Waals surface area contributed by atoms with Gasteiger partial charge in [0.2, 0.25) is 5.13 Å². The van der Waals surface area contributed by atoms with Gasteiger partial charge in [-0.15, -0.1) is 0 Å². The highest BCUT2D eigenvalue weighted by Gasteiger charge is 2.33. The molecule has 2 fully saturated rings. The number of para-hydroxylation sites is 1. The molecule has 0 spiro atoms. The predicted molar refractivity (Wildman–Crippen MR) is 120 cm³/mol.